The SMILES string of the molecule is C=C1CN(S(=O)(=O)c2ccccc2)C/C1=C\C[Si](C)(C)C. The van der Waals surface area contributed by atoms with Gasteiger partial charge in [-0.1, -0.05) is 50.5 Å². The molecule has 0 amide bonds. The Morgan fingerprint density at radius 2 is 1.81 bits per heavy atom. The topological polar surface area (TPSA) is 37.4 Å². The highest BCUT2D eigenvalue weighted by atomic mass is 32.2. The number of hydrogen-bond donors (Lipinski definition) is 0. The minimum Gasteiger partial charge on any atom is -0.207 e. The lowest BCUT2D eigenvalue weighted by Gasteiger charge is -2.15. The van der Waals surface area contributed by atoms with E-state index in [1.807, 2.05) is 6.07 Å². The third-order valence-electron chi connectivity index (χ3n) is 3.51. The Morgan fingerprint density at radius 3 is 2.38 bits per heavy atom. The van der Waals surface area contributed by atoms with Crippen LogP contribution >= 0.6 is 0 Å². The van der Waals surface area contributed by atoms with Gasteiger partial charge in [0.25, 0.3) is 0 Å². The van der Waals surface area contributed by atoms with E-state index >= 15 is 0 Å². The lowest BCUT2D eigenvalue weighted by molar-refractivity contribution is 0.489. The maximum absolute atomic E-state index is 12.6. The van der Waals surface area contributed by atoms with E-state index in [1.165, 1.54) is 4.31 Å². The van der Waals surface area contributed by atoms with Crippen LogP contribution in [0.2, 0.25) is 25.7 Å². The van der Waals surface area contributed by atoms with E-state index in [-0.39, 0.29) is 0 Å². The molecule has 3 nitrogen and oxygen atoms in total. The van der Waals surface area contributed by atoms with Crippen LogP contribution in [0.25, 0.3) is 0 Å². The average Bonchev–Trinajstić information content (AvgIpc) is 2.79. The Hall–Kier alpha value is -1.17. The molecule has 0 aliphatic carbocycles. The average molecular weight is 322 g/mol. The van der Waals surface area contributed by atoms with Crippen molar-refractivity contribution in [2.75, 3.05) is 13.1 Å². The lowest BCUT2D eigenvalue weighted by atomic mass is 10.1. The fraction of sp³-hybridized carbons (Fsp3) is 0.375. The molecule has 1 aliphatic rings. The van der Waals surface area contributed by atoms with Crippen LogP contribution in [0.3, 0.4) is 0 Å². The number of hydrogen-bond acceptors (Lipinski definition) is 2. The maximum Gasteiger partial charge on any atom is 0.243 e. The third-order valence-corrected chi connectivity index (χ3v) is 6.74. The van der Waals surface area contributed by atoms with Gasteiger partial charge >= 0.3 is 0 Å². The predicted octanol–water partition coefficient (Wildman–Crippen LogP) is 3.51. The summed E-state index contributed by atoms with van der Waals surface area (Å²) in [5, 5.41) is 0. The van der Waals surface area contributed by atoms with Gasteiger partial charge in [0, 0.05) is 21.2 Å². The Bertz CT molecular complexity index is 657. The third kappa shape index (κ3) is 3.93. The summed E-state index contributed by atoms with van der Waals surface area (Å²) in [5.41, 5.74) is 2.00. The Balaban J connectivity index is 2.20. The van der Waals surface area contributed by atoms with E-state index in [0.29, 0.717) is 18.0 Å². The number of benzene rings is 1. The molecule has 0 spiro atoms. The molecule has 0 unspecified atom stereocenters. The van der Waals surface area contributed by atoms with E-state index in [9.17, 15) is 8.42 Å². The van der Waals surface area contributed by atoms with Crippen LogP contribution in [-0.4, -0.2) is 33.9 Å². The van der Waals surface area contributed by atoms with Crippen LogP contribution in [0.15, 0.2) is 59.0 Å². The van der Waals surface area contributed by atoms with Crippen LogP contribution < -0.4 is 0 Å². The lowest BCUT2D eigenvalue weighted by Crippen LogP contribution is -2.28. The van der Waals surface area contributed by atoms with Crippen molar-refractivity contribution in [3.8, 4) is 0 Å². The fourth-order valence-corrected chi connectivity index (χ4v) is 4.51. The Kier molecular flexibility index (Phi) is 4.56. The summed E-state index contributed by atoms with van der Waals surface area (Å²) in [6.45, 7) is 11.8. The van der Waals surface area contributed by atoms with Crippen LogP contribution in [-0.2, 0) is 10.0 Å². The first kappa shape index (κ1) is 16.2. The minimum absolute atomic E-state index is 0.351. The summed E-state index contributed by atoms with van der Waals surface area (Å²) in [7, 11) is -4.59. The van der Waals surface area contributed by atoms with Gasteiger partial charge in [-0.2, -0.15) is 4.31 Å². The molecule has 5 heteroatoms. The van der Waals surface area contributed by atoms with Gasteiger partial charge in [-0.3, -0.25) is 0 Å². The fourth-order valence-electron chi connectivity index (χ4n) is 2.22. The molecule has 1 fully saturated rings. The van der Waals surface area contributed by atoms with Gasteiger partial charge < -0.3 is 0 Å². The van der Waals surface area contributed by atoms with E-state index in [0.717, 1.165) is 17.2 Å². The zero-order valence-corrected chi connectivity index (χ0v) is 14.8. The van der Waals surface area contributed by atoms with Crippen molar-refractivity contribution >= 4 is 18.1 Å². The van der Waals surface area contributed by atoms with Gasteiger partial charge in [-0.05, 0) is 29.3 Å². The molecule has 1 saturated heterocycles. The molecule has 1 aromatic carbocycles. The van der Waals surface area contributed by atoms with Crippen molar-refractivity contribution in [3.05, 3.63) is 54.1 Å². The molecule has 0 saturated carbocycles. The number of sulfonamides is 1. The van der Waals surface area contributed by atoms with Crippen LogP contribution in [0.4, 0.5) is 0 Å². The molecular weight excluding hydrogens is 298 g/mol. The van der Waals surface area contributed by atoms with Gasteiger partial charge in [-0.25, -0.2) is 8.42 Å². The summed E-state index contributed by atoms with van der Waals surface area (Å²) in [4.78, 5) is 0.351. The Morgan fingerprint density at radius 1 is 1.19 bits per heavy atom. The summed E-state index contributed by atoms with van der Waals surface area (Å²) >= 11 is 0. The molecule has 0 N–H and O–H groups in total. The van der Waals surface area contributed by atoms with Crippen molar-refractivity contribution in [3.63, 3.8) is 0 Å². The summed E-state index contributed by atoms with van der Waals surface area (Å²) in [6, 6.07) is 9.66. The summed E-state index contributed by atoms with van der Waals surface area (Å²) < 4.78 is 26.7. The second-order valence-electron chi connectivity index (χ2n) is 6.68. The zero-order valence-electron chi connectivity index (χ0n) is 13.0. The second-order valence-corrected chi connectivity index (χ2v) is 14.2. The van der Waals surface area contributed by atoms with Crippen LogP contribution in [0.5, 0.6) is 0 Å². The molecule has 114 valence electrons. The monoisotopic (exact) mass is 321 g/mol. The summed E-state index contributed by atoms with van der Waals surface area (Å²) in [5.74, 6) is 0. The van der Waals surface area contributed by atoms with Crippen LogP contribution in [0, 0.1) is 0 Å². The Labute approximate surface area is 129 Å². The molecule has 0 aromatic heterocycles. The van der Waals surface area contributed by atoms with Crippen molar-refractivity contribution in [2.45, 2.75) is 30.6 Å². The van der Waals surface area contributed by atoms with Gasteiger partial charge in [0.2, 0.25) is 10.0 Å². The van der Waals surface area contributed by atoms with E-state index in [2.05, 4.69) is 32.3 Å². The molecular formula is C16H23NO2SSi. The highest BCUT2D eigenvalue weighted by Gasteiger charge is 2.31. The van der Waals surface area contributed by atoms with Crippen molar-refractivity contribution < 1.29 is 8.42 Å². The first-order valence-corrected chi connectivity index (χ1v) is 12.3. The molecule has 0 bridgehead atoms. The van der Waals surface area contributed by atoms with Crippen LogP contribution in [0.1, 0.15) is 0 Å². The van der Waals surface area contributed by atoms with Crippen molar-refractivity contribution in [1.29, 1.82) is 0 Å². The zero-order chi connectivity index (χ0) is 15.7. The largest absolute Gasteiger partial charge is 0.243 e. The molecule has 0 radical (unpaired) electrons. The minimum atomic E-state index is -3.42. The van der Waals surface area contributed by atoms with Crippen molar-refractivity contribution in [2.24, 2.45) is 0 Å². The quantitative estimate of drug-likeness (QED) is 0.796. The number of rotatable bonds is 4. The molecule has 21 heavy (non-hydrogen) atoms. The molecule has 0 atom stereocenters. The summed E-state index contributed by atoms with van der Waals surface area (Å²) in [6.07, 6.45) is 2.19. The predicted molar refractivity (Wildman–Crippen MR) is 90.6 cm³/mol. The van der Waals surface area contributed by atoms with Gasteiger partial charge in [0.05, 0.1) is 4.90 Å². The van der Waals surface area contributed by atoms with E-state index in [1.54, 1.807) is 24.3 Å². The normalized spacial score (nSPS) is 19.4. The first-order chi connectivity index (χ1) is 9.70. The highest BCUT2D eigenvalue weighted by Crippen LogP contribution is 2.27. The number of allylic oxidation sites excluding steroid dienone is 1. The van der Waals surface area contributed by atoms with Gasteiger partial charge in [0.1, 0.15) is 0 Å². The standard InChI is InChI=1S/C16H23NO2SSi/c1-14-12-17(13-15(14)10-11-21(2,3)4)20(18,19)16-8-6-5-7-9-16/h5-10H,1,11-13H2,2-4H3/b15-10+. The molecule has 2 rings (SSSR count). The molecule has 1 aromatic rings. The smallest absolute Gasteiger partial charge is 0.207 e. The second kappa shape index (κ2) is 5.91. The van der Waals surface area contributed by atoms with E-state index in [4.69, 9.17) is 0 Å². The first-order valence-electron chi connectivity index (χ1n) is 7.12. The van der Waals surface area contributed by atoms with Gasteiger partial charge in [0.15, 0.2) is 0 Å². The van der Waals surface area contributed by atoms with E-state index < -0.39 is 18.1 Å². The van der Waals surface area contributed by atoms with Gasteiger partial charge in [-0.15, -0.1) is 0 Å². The van der Waals surface area contributed by atoms with Crippen molar-refractivity contribution in [1.82, 2.24) is 4.31 Å². The molecule has 1 heterocycles. The maximum atomic E-state index is 12.6. The molecule has 1 aliphatic heterocycles. The highest BCUT2D eigenvalue weighted by molar-refractivity contribution is 7.89. The number of nitrogens with zero attached hydrogens (tertiary/aromatic N) is 1.